The summed E-state index contributed by atoms with van der Waals surface area (Å²) in [5.74, 6) is 0. The van der Waals surface area contributed by atoms with E-state index in [1.165, 1.54) is 49.9 Å². The van der Waals surface area contributed by atoms with Crippen LogP contribution in [-0.2, 0) is 0 Å². The highest BCUT2D eigenvalue weighted by atomic mass is 14.8. The van der Waals surface area contributed by atoms with Gasteiger partial charge in [0.05, 0.1) is 22.7 Å². The van der Waals surface area contributed by atoms with Crippen LogP contribution < -0.4 is 11.5 Å². The quantitative estimate of drug-likeness (QED) is 0.594. The summed E-state index contributed by atoms with van der Waals surface area (Å²) in [6.07, 6.45) is 11.9. The monoisotopic (exact) mass is 374 g/mol. The third-order valence-electron chi connectivity index (χ3n) is 5.81. The van der Waals surface area contributed by atoms with Gasteiger partial charge in [-0.15, -0.1) is 0 Å². The highest BCUT2D eigenvalue weighted by Gasteiger charge is 2.11. The molecule has 4 N–H and O–H groups in total. The molecule has 4 rings (SSSR count). The zero-order valence-electron chi connectivity index (χ0n) is 16.6. The van der Waals surface area contributed by atoms with Crippen LogP contribution in [0.4, 0.5) is 22.7 Å². The summed E-state index contributed by atoms with van der Waals surface area (Å²) >= 11 is 0. The zero-order chi connectivity index (χ0) is 19.3. The first-order chi connectivity index (χ1) is 13.7. The highest BCUT2D eigenvalue weighted by Crippen LogP contribution is 2.34. The minimum absolute atomic E-state index is 0.736. The summed E-state index contributed by atoms with van der Waals surface area (Å²) in [7, 11) is 0. The van der Waals surface area contributed by atoms with Gasteiger partial charge in [0.15, 0.2) is 0 Å². The second-order valence-corrected chi connectivity index (χ2v) is 8.02. The van der Waals surface area contributed by atoms with E-state index in [1.807, 2.05) is 12.1 Å². The number of benzene rings is 2. The molecule has 2 aliphatic rings. The SMILES string of the molecule is Nc1ccc(-c2ccc(N)c(N=C3CCCCC3)c2)cc1N=C1CCCCC1. The third-order valence-corrected chi connectivity index (χ3v) is 5.81. The average Bonchev–Trinajstić information content (AvgIpc) is 2.73. The third kappa shape index (κ3) is 4.44. The molecule has 0 bridgehead atoms. The molecule has 0 aromatic heterocycles. The van der Waals surface area contributed by atoms with Gasteiger partial charge in [-0.2, -0.15) is 0 Å². The van der Waals surface area contributed by atoms with E-state index in [9.17, 15) is 0 Å². The molecule has 28 heavy (non-hydrogen) atoms. The molecule has 0 saturated heterocycles. The van der Waals surface area contributed by atoms with Gasteiger partial charge in [0.2, 0.25) is 0 Å². The Balaban J connectivity index is 1.65. The summed E-state index contributed by atoms with van der Waals surface area (Å²) in [6.45, 7) is 0. The second-order valence-electron chi connectivity index (χ2n) is 8.02. The summed E-state index contributed by atoms with van der Waals surface area (Å²) in [5.41, 5.74) is 20.4. The topological polar surface area (TPSA) is 76.8 Å². The predicted octanol–water partition coefficient (Wildman–Crippen LogP) is 6.59. The molecule has 2 saturated carbocycles. The van der Waals surface area contributed by atoms with E-state index < -0.39 is 0 Å². The lowest BCUT2D eigenvalue weighted by Gasteiger charge is -2.14. The average molecular weight is 375 g/mol. The maximum Gasteiger partial charge on any atom is 0.0864 e. The number of nitrogens with two attached hydrogens (primary N) is 2. The van der Waals surface area contributed by atoms with Gasteiger partial charge in [0.25, 0.3) is 0 Å². The van der Waals surface area contributed by atoms with Gasteiger partial charge in [-0.05, 0) is 86.8 Å². The molecule has 0 aliphatic heterocycles. The normalized spacial score (nSPS) is 17.4. The van der Waals surface area contributed by atoms with Crippen molar-refractivity contribution in [3.05, 3.63) is 36.4 Å². The second kappa shape index (κ2) is 8.59. The smallest absolute Gasteiger partial charge is 0.0864 e. The molecular formula is C24H30N4. The Kier molecular flexibility index (Phi) is 5.75. The number of aliphatic imine (C=N–C) groups is 2. The molecule has 2 aliphatic carbocycles. The first-order valence-corrected chi connectivity index (χ1v) is 10.6. The Morgan fingerprint density at radius 1 is 0.536 bits per heavy atom. The van der Waals surface area contributed by atoms with E-state index in [0.717, 1.165) is 59.6 Å². The van der Waals surface area contributed by atoms with Crippen LogP contribution >= 0.6 is 0 Å². The maximum absolute atomic E-state index is 6.21. The molecule has 0 atom stereocenters. The Morgan fingerprint density at radius 2 is 0.929 bits per heavy atom. The van der Waals surface area contributed by atoms with Crippen LogP contribution in [0.2, 0.25) is 0 Å². The van der Waals surface area contributed by atoms with E-state index in [0.29, 0.717) is 0 Å². The number of nitrogens with zero attached hydrogens (tertiary/aromatic N) is 2. The number of rotatable bonds is 3. The van der Waals surface area contributed by atoms with E-state index in [1.54, 1.807) is 0 Å². The maximum atomic E-state index is 6.21. The van der Waals surface area contributed by atoms with Crippen LogP contribution in [-0.4, -0.2) is 11.4 Å². The van der Waals surface area contributed by atoms with E-state index >= 15 is 0 Å². The molecule has 0 amide bonds. The highest BCUT2D eigenvalue weighted by molar-refractivity contribution is 5.91. The minimum Gasteiger partial charge on any atom is -0.397 e. The van der Waals surface area contributed by atoms with Crippen LogP contribution in [0.3, 0.4) is 0 Å². The Bertz CT molecular complexity index is 819. The molecule has 2 fully saturated rings. The first-order valence-electron chi connectivity index (χ1n) is 10.6. The van der Waals surface area contributed by atoms with E-state index in [-0.39, 0.29) is 0 Å². The van der Waals surface area contributed by atoms with Gasteiger partial charge in [0.1, 0.15) is 0 Å². The minimum atomic E-state index is 0.736. The van der Waals surface area contributed by atoms with Crippen molar-refractivity contribution in [2.24, 2.45) is 9.98 Å². The van der Waals surface area contributed by atoms with Crippen molar-refractivity contribution in [1.82, 2.24) is 0 Å². The molecular weight excluding hydrogens is 344 g/mol. The van der Waals surface area contributed by atoms with Gasteiger partial charge in [-0.1, -0.05) is 25.0 Å². The van der Waals surface area contributed by atoms with Crippen LogP contribution in [0.25, 0.3) is 11.1 Å². The van der Waals surface area contributed by atoms with Gasteiger partial charge in [-0.3, -0.25) is 9.98 Å². The van der Waals surface area contributed by atoms with Crippen molar-refractivity contribution in [3.8, 4) is 11.1 Å². The standard InChI is InChI=1S/C24H30N4/c25-21-13-11-17(15-23(21)27-19-7-3-1-4-8-19)18-12-14-22(26)24(16-18)28-20-9-5-2-6-10-20/h11-16H,1-10,25-26H2. The van der Waals surface area contributed by atoms with Crippen molar-refractivity contribution >= 4 is 34.2 Å². The van der Waals surface area contributed by atoms with Crippen LogP contribution in [0.15, 0.2) is 46.4 Å². The number of nitrogen functional groups attached to an aromatic ring is 2. The van der Waals surface area contributed by atoms with Crippen LogP contribution in [0.5, 0.6) is 0 Å². The lowest BCUT2D eigenvalue weighted by molar-refractivity contribution is 0.667. The van der Waals surface area contributed by atoms with E-state index in [2.05, 4.69) is 24.3 Å². The van der Waals surface area contributed by atoms with E-state index in [4.69, 9.17) is 21.5 Å². The Morgan fingerprint density at radius 3 is 1.32 bits per heavy atom. The van der Waals surface area contributed by atoms with Gasteiger partial charge < -0.3 is 11.5 Å². The molecule has 0 heterocycles. The van der Waals surface area contributed by atoms with Crippen LogP contribution in [0, 0.1) is 0 Å². The van der Waals surface area contributed by atoms with Crippen molar-refractivity contribution in [3.63, 3.8) is 0 Å². The van der Waals surface area contributed by atoms with Crippen molar-refractivity contribution in [1.29, 1.82) is 0 Å². The van der Waals surface area contributed by atoms with Crippen molar-refractivity contribution < 1.29 is 0 Å². The fourth-order valence-corrected chi connectivity index (χ4v) is 4.12. The number of anilines is 2. The largest absolute Gasteiger partial charge is 0.397 e. The lowest BCUT2D eigenvalue weighted by Crippen LogP contribution is -2.04. The van der Waals surface area contributed by atoms with Gasteiger partial charge in [-0.25, -0.2) is 0 Å². The van der Waals surface area contributed by atoms with Crippen molar-refractivity contribution in [2.45, 2.75) is 64.2 Å². The number of hydrogen-bond donors (Lipinski definition) is 2. The molecule has 4 heteroatoms. The van der Waals surface area contributed by atoms with Crippen molar-refractivity contribution in [2.75, 3.05) is 11.5 Å². The molecule has 4 nitrogen and oxygen atoms in total. The fraction of sp³-hybridized carbons (Fsp3) is 0.417. The lowest BCUT2D eigenvalue weighted by atomic mass is 9.98. The number of hydrogen-bond acceptors (Lipinski definition) is 4. The molecule has 0 radical (unpaired) electrons. The molecule has 0 spiro atoms. The Labute approximate surface area is 167 Å². The summed E-state index contributed by atoms with van der Waals surface area (Å²) in [6, 6.07) is 12.2. The Hall–Kier alpha value is -2.62. The summed E-state index contributed by atoms with van der Waals surface area (Å²) in [5, 5.41) is 0. The fourth-order valence-electron chi connectivity index (χ4n) is 4.12. The van der Waals surface area contributed by atoms with Crippen LogP contribution in [0.1, 0.15) is 64.2 Å². The first kappa shape index (κ1) is 18.7. The summed E-state index contributed by atoms with van der Waals surface area (Å²) in [4.78, 5) is 9.75. The molecule has 2 aromatic carbocycles. The molecule has 2 aromatic rings. The van der Waals surface area contributed by atoms with Gasteiger partial charge >= 0.3 is 0 Å². The molecule has 146 valence electrons. The zero-order valence-corrected chi connectivity index (χ0v) is 16.6. The summed E-state index contributed by atoms with van der Waals surface area (Å²) < 4.78 is 0. The van der Waals surface area contributed by atoms with Gasteiger partial charge in [0, 0.05) is 11.4 Å². The molecule has 0 unspecified atom stereocenters. The predicted molar refractivity (Wildman–Crippen MR) is 121 cm³/mol.